The van der Waals surface area contributed by atoms with E-state index in [2.05, 4.69) is 0 Å². The SMILES string of the molecule is CN(C)CCCN1C(=O)C(=O)/C(=C(/O)c2ccc(Cl)cc2)C12C(=O)N(C)c1ccccc12. The molecule has 1 N–H and O–H groups in total. The molecular weight excluding hydrogens is 430 g/mol. The van der Waals surface area contributed by atoms with Crippen molar-refractivity contribution in [2.45, 2.75) is 12.0 Å². The van der Waals surface area contributed by atoms with E-state index in [4.69, 9.17) is 11.6 Å². The topological polar surface area (TPSA) is 81.2 Å². The van der Waals surface area contributed by atoms with Crippen molar-refractivity contribution in [2.24, 2.45) is 0 Å². The lowest BCUT2D eigenvalue weighted by atomic mass is 9.82. The third-order valence-corrected chi connectivity index (χ3v) is 6.30. The average molecular weight is 454 g/mol. The molecule has 2 heterocycles. The zero-order valence-corrected chi connectivity index (χ0v) is 18.9. The minimum absolute atomic E-state index is 0.189. The fourth-order valence-corrected chi connectivity index (χ4v) is 4.69. The number of likely N-dealkylation sites (N-methyl/N-ethyl adjacent to an activating group) is 1. The number of carbonyl (C=O) groups excluding carboxylic acids is 3. The average Bonchev–Trinajstić information content (AvgIpc) is 3.13. The van der Waals surface area contributed by atoms with Crippen LogP contribution in [0.15, 0.2) is 54.1 Å². The summed E-state index contributed by atoms with van der Waals surface area (Å²) < 4.78 is 0. The summed E-state index contributed by atoms with van der Waals surface area (Å²) in [6.07, 6.45) is 0.557. The normalized spacial score (nSPS) is 21.8. The number of hydrogen-bond donors (Lipinski definition) is 1. The van der Waals surface area contributed by atoms with Crippen molar-refractivity contribution >= 4 is 40.6 Å². The van der Waals surface area contributed by atoms with Gasteiger partial charge in [0.05, 0.1) is 5.57 Å². The molecule has 1 atom stereocenters. The van der Waals surface area contributed by atoms with Crippen molar-refractivity contribution in [3.05, 3.63) is 70.3 Å². The first-order valence-corrected chi connectivity index (χ1v) is 10.7. The van der Waals surface area contributed by atoms with Crippen molar-refractivity contribution < 1.29 is 19.5 Å². The van der Waals surface area contributed by atoms with Crippen LogP contribution in [0, 0.1) is 0 Å². The number of aliphatic hydroxyl groups is 1. The van der Waals surface area contributed by atoms with E-state index >= 15 is 0 Å². The summed E-state index contributed by atoms with van der Waals surface area (Å²) in [7, 11) is 5.43. The third kappa shape index (κ3) is 3.12. The van der Waals surface area contributed by atoms with E-state index in [0.717, 1.165) is 0 Å². The molecule has 2 aliphatic heterocycles. The lowest BCUT2D eigenvalue weighted by molar-refractivity contribution is -0.143. The molecule has 2 aromatic rings. The summed E-state index contributed by atoms with van der Waals surface area (Å²) in [4.78, 5) is 45.0. The molecule has 7 nitrogen and oxygen atoms in total. The Morgan fingerprint density at radius 1 is 1.06 bits per heavy atom. The molecule has 2 aliphatic rings. The highest BCUT2D eigenvalue weighted by Crippen LogP contribution is 2.53. The molecule has 2 amide bonds. The van der Waals surface area contributed by atoms with Crippen LogP contribution in [0.5, 0.6) is 0 Å². The van der Waals surface area contributed by atoms with Crippen LogP contribution in [0.2, 0.25) is 5.02 Å². The predicted octanol–water partition coefficient (Wildman–Crippen LogP) is 2.84. The van der Waals surface area contributed by atoms with Crippen LogP contribution < -0.4 is 4.90 Å². The molecule has 1 fully saturated rings. The van der Waals surface area contributed by atoms with Gasteiger partial charge in [-0.05, 0) is 57.4 Å². The molecule has 1 unspecified atom stereocenters. The van der Waals surface area contributed by atoms with E-state index in [-0.39, 0.29) is 12.1 Å². The van der Waals surface area contributed by atoms with Gasteiger partial charge in [0.15, 0.2) is 5.54 Å². The van der Waals surface area contributed by atoms with Gasteiger partial charge in [0, 0.05) is 35.4 Å². The highest BCUT2D eigenvalue weighted by atomic mass is 35.5. The number of halogens is 1. The van der Waals surface area contributed by atoms with Crippen molar-refractivity contribution in [2.75, 3.05) is 39.1 Å². The summed E-state index contributed by atoms with van der Waals surface area (Å²) in [6, 6.07) is 13.3. The Morgan fingerprint density at radius 2 is 1.72 bits per heavy atom. The van der Waals surface area contributed by atoms with Crippen LogP contribution in [0.25, 0.3) is 5.76 Å². The minimum atomic E-state index is -1.71. The smallest absolute Gasteiger partial charge is 0.296 e. The van der Waals surface area contributed by atoms with Gasteiger partial charge in [0.25, 0.3) is 17.6 Å². The number of carbonyl (C=O) groups is 3. The molecule has 2 aromatic carbocycles. The first kappa shape index (κ1) is 22.0. The number of anilines is 1. The van der Waals surface area contributed by atoms with Gasteiger partial charge in [-0.3, -0.25) is 14.4 Å². The summed E-state index contributed by atoms with van der Waals surface area (Å²) in [5.41, 5.74) is -0.516. The summed E-state index contributed by atoms with van der Waals surface area (Å²) in [5.74, 6) is -2.51. The largest absolute Gasteiger partial charge is 0.507 e. The zero-order valence-electron chi connectivity index (χ0n) is 18.1. The molecule has 8 heteroatoms. The molecule has 0 saturated carbocycles. The molecule has 4 rings (SSSR count). The second-order valence-corrected chi connectivity index (χ2v) is 8.70. The molecule has 1 spiro atoms. The van der Waals surface area contributed by atoms with Crippen molar-refractivity contribution in [3.63, 3.8) is 0 Å². The number of nitrogens with zero attached hydrogens (tertiary/aromatic N) is 3. The van der Waals surface area contributed by atoms with E-state index in [1.807, 2.05) is 19.0 Å². The van der Waals surface area contributed by atoms with E-state index in [0.29, 0.717) is 34.8 Å². The fraction of sp³-hybridized carbons (Fsp3) is 0.292. The first-order chi connectivity index (χ1) is 15.2. The Morgan fingerprint density at radius 3 is 2.38 bits per heavy atom. The highest BCUT2D eigenvalue weighted by molar-refractivity contribution is 6.50. The molecule has 0 aromatic heterocycles. The Balaban J connectivity index is 1.98. The summed E-state index contributed by atoms with van der Waals surface area (Å²) >= 11 is 5.97. The number of Topliss-reactive ketones (excluding diaryl/α,β-unsaturated/α-hetero) is 1. The maximum absolute atomic E-state index is 13.8. The van der Waals surface area contributed by atoms with Gasteiger partial charge in [-0.1, -0.05) is 29.8 Å². The van der Waals surface area contributed by atoms with Gasteiger partial charge in [0.1, 0.15) is 5.76 Å². The predicted molar refractivity (Wildman–Crippen MR) is 122 cm³/mol. The fourth-order valence-electron chi connectivity index (χ4n) is 4.57. The maximum atomic E-state index is 13.8. The highest BCUT2D eigenvalue weighted by Gasteiger charge is 2.66. The monoisotopic (exact) mass is 453 g/mol. The number of amides is 2. The van der Waals surface area contributed by atoms with Crippen molar-refractivity contribution in [3.8, 4) is 0 Å². The Bertz CT molecular complexity index is 1140. The van der Waals surface area contributed by atoms with Gasteiger partial charge in [-0.2, -0.15) is 0 Å². The number of rotatable bonds is 5. The summed E-state index contributed by atoms with van der Waals surface area (Å²) in [5, 5.41) is 11.7. The van der Waals surface area contributed by atoms with Gasteiger partial charge in [-0.25, -0.2) is 0 Å². The molecule has 1 saturated heterocycles. The first-order valence-electron chi connectivity index (χ1n) is 10.3. The number of likely N-dealkylation sites (tertiary alicyclic amines) is 1. The van der Waals surface area contributed by atoms with Crippen LogP contribution in [-0.2, 0) is 19.9 Å². The molecule has 32 heavy (non-hydrogen) atoms. The van der Waals surface area contributed by atoms with Crippen LogP contribution >= 0.6 is 11.6 Å². The van der Waals surface area contributed by atoms with E-state index in [1.54, 1.807) is 55.6 Å². The Kier molecular flexibility index (Phi) is 5.56. The lowest BCUT2D eigenvalue weighted by Crippen LogP contribution is -2.51. The van der Waals surface area contributed by atoms with Gasteiger partial charge in [0.2, 0.25) is 0 Å². The number of ketones is 1. The van der Waals surface area contributed by atoms with Gasteiger partial charge in [-0.15, -0.1) is 0 Å². The number of benzene rings is 2. The Labute approximate surface area is 191 Å². The standard InChI is InChI=1S/C24H24ClN3O4/c1-26(2)13-6-14-28-22(31)21(30)19(20(29)15-9-11-16(25)12-10-15)24(28)17-7-4-5-8-18(17)27(3)23(24)32/h4-5,7-12,29H,6,13-14H2,1-3H3/b20-19-. The van der Waals surface area contributed by atoms with Gasteiger partial charge >= 0.3 is 0 Å². The van der Waals surface area contributed by atoms with Crippen molar-refractivity contribution in [1.82, 2.24) is 9.80 Å². The zero-order chi connectivity index (χ0) is 23.2. The number of hydrogen-bond acceptors (Lipinski definition) is 5. The quantitative estimate of drug-likeness (QED) is 0.427. The third-order valence-electron chi connectivity index (χ3n) is 6.04. The van der Waals surface area contributed by atoms with E-state index < -0.39 is 28.9 Å². The van der Waals surface area contributed by atoms with Crippen molar-refractivity contribution in [1.29, 1.82) is 0 Å². The van der Waals surface area contributed by atoms with Crippen LogP contribution in [0.3, 0.4) is 0 Å². The summed E-state index contributed by atoms with van der Waals surface area (Å²) in [6.45, 7) is 0.857. The molecule has 0 aliphatic carbocycles. The molecule has 0 radical (unpaired) electrons. The molecule has 0 bridgehead atoms. The Hall–Kier alpha value is -3.16. The van der Waals surface area contributed by atoms with Crippen LogP contribution in [0.4, 0.5) is 5.69 Å². The van der Waals surface area contributed by atoms with Gasteiger partial charge < -0.3 is 19.8 Å². The van der Waals surface area contributed by atoms with E-state index in [1.165, 1.54) is 9.80 Å². The second kappa shape index (κ2) is 8.07. The maximum Gasteiger partial charge on any atom is 0.296 e. The van der Waals surface area contributed by atoms with E-state index in [9.17, 15) is 19.5 Å². The number of aliphatic hydroxyl groups excluding tert-OH is 1. The number of para-hydroxylation sites is 1. The molecular formula is C24H24ClN3O4. The lowest BCUT2D eigenvalue weighted by Gasteiger charge is -2.34. The minimum Gasteiger partial charge on any atom is -0.507 e. The molecule has 166 valence electrons. The number of fused-ring (bicyclic) bond motifs is 2. The van der Waals surface area contributed by atoms with Crippen LogP contribution in [-0.4, -0.2) is 66.7 Å². The van der Waals surface area contributed by atoms with Crippen LogP contribution in [0.1, 0.15) is 17.5 Å². The second-order valence-electron chi connectivity index (χ2n) is 8.26.